The van der Waals surface area contributed by atoms with Gasteiger partial charge in [0.2, 0.25) is 5.91 Å². The van der Waals surface area contributed by atoms with Crippen molar-refractivity contribution in [1.29, 1.82) is 5.26 Å². The highest BCUT2D eigenvalue weighted by atomic mass is 19.4. The first-order chi connectivity index (χ1) is 13.4. The Bertz CT molecular complexity index is 880. The van der Waals surface area contributed by atoms with Crippen LogP contribution in [0.25, 0.3) is 0 Å². The molecule has 2 N–H and O–H groups in total. The first-order valence-electron chi connectivity index (χ1n) is 8.78. The van der Waals surface area contributed by atoms with Gasteiger partial charge in [-0.25, -0.2) is 0 Å². The lowest BCUT2D eigenvalue weighted by Crippen LogP contribution is -2.39. The summed E-state index contributed by atoms with van der Waals surface area (Å²) in [7, 11) is 0. The van der Waals surface area contributed by atoms with Crippen molar-refractivity contribution in [3.8, 4) is 6.07 Å². The van der Waals surface area contributed by atoms with Gasteiger partial charge in [-0.1, -0.05) is 18.2 Å². The van der Waals surface area contributed by atoms with Crippen molar-refractivity contribution in [1.82, 2.24) is 10.2 Å². The van der Waals surface area contributed by atoms with Crippen molar-refractivity contribution >= 4 is 11.6 Å². The van der Waals surface area contributed by atoms with Crippen molar-refractivity contribution in [3.05, 3.63) is 65.4 Å². The summed E-state index contributed by atoms with van der Waals surface area (Å²) in [5, 5.41) is 14.7. The van der Waals surface area contributed by atoms with Crippen molar-refractivity contribution in [2.75, 3.05) is 25.0 Å². The summed E-state index contributed by atoms with van der Waals surface area (Å²) >= 11 is 0. The van der Waals surface area contributed by atoms with E-state index >= 15 is 0 Å². The number of allylic oxidation sites excluding steroid dienone is 2. The third-order valence-corrected chi connectivity index (χ3v) is 4.65. The second-order valence-corrected chi connectivity index (χ2v) is 6.55. The molecule has 0 saturated carbocycles. The average Bonchev–Trinajstić information content (AvgIpc) is 2.68. The summed E-state index contributed by atoms with van der Waals surface area (Å²) in [5.74, 6) is -0.495. The molecule has 1 atom stereocenters. The van der Waals surface area contributed by atoms with E-state index in [0.717, 1.165) is 11.6 Å². The number of rotatable bonds is 4. The number of carbonyl (C=O) groups excluding carboxylic acids is 1. The van der Waals surface area contributed by atoms with E-state index in [2.05, 4.69) is 16.7 Å². The van der Waals surface area contributed by atoms with Crippen LogP contribution in [-0.4, -0.2) is 36.5 Å². The second kappa shape index (κ2) is 8.31. The quantitative estimate of drug-likeness (QED) is 0.778. The molecule has 3 rings (SSSR count). The van der Waals surface area contributed by atoms with E-state index in [0.29, 0.717) is 25.1 Å². The molecule has 1 amide bonds. The molecule has 0 radical (unpaired) electrons. The van der Waals surface area contributed by atoms with Gasteiger partial charge in [0.1, 0.15) is 0 Å². The Kier molecular flexibility index (Phi) is 5.85. The molecule has 2 aliphatic heterocycles. The molecule has 0 spiro atoms. The fourth-order valence-corrected chi connectivity index (χ4v) is 3.26. The molecule has 28 heavy (non-hydrogen) atoms. The minimum atomic E-state index is -4.53. The number of nitrogens with zero attached hydrogens (tertiary/aromatic N) is 2. The number of para-hydroxylation sites is 1. The molecule has 2 heterocycles. The van der Waals surface area contributed by atoms with Crippen LogP contribution in [0.3, 0.4) is 0 Å². The number of hydrogen-bond acceptors (Lipinski definition) is 4. The fourth-order valence-electron chi connectivity index (χ4n) is 3.26. The lowest BCUT2D eigenvalue weighted by atomic mass is 9.93. The molecule has 0 bridgehead atoms. The SMILES string of the molecule is N#CC1=CC=CNC1C1=CCN(CC(=O)Nc2ccccc2C(F)(F)F)CC1. The lowest BCUT2D eigenvalue weighted by Gasteiger charge is -2.30. The van der Waals surface area contributed by atoms with Crippen LogP contribution in [0.2, 0.25) is 0 Å². The zero-order chi connectivity index (χ0) is 20.1. The third kappa shape index (κ3) is 4.61. The van der Waals surface area contributed by atoms with E-state index in [1.807, 2.05) is 11.0 Å². The largest absolute Gasteiger partial charge is 0.418 e. The molecule has 8 heteroatoms. The smallest absolute Gasteiger partial charge is 0.380 e. The number of amides is 1. The minimum Gasteiger partial charge on any atom is -0.380 e. The molecule has 1 unspecified atom stereocenters. The zero-order valence-electron chi connectivity index (χ0n) is 15.0. The van der Waals surface area contributed by atoms with Gasteiger partial charge in [0.15, 0.2) is 0 Å². The van der Waals surface area contributed by atoms with Crippen LogP contribution in [0, 0.1) is 11.3 Å². The van der Waals surface area contributed by atoms with Crippen LogP contribution in [0.1, 0.15) is 12.0 Å². The topological polar surface area (TPSA) is 68.2 Å². The number of anilines is 1. The van der Waals surface area contributed by atoms with Gasteiger partial charge in [0.05, 0.1) is 35.5 Å². The fraction of sp³-hybridized carbons (Fsp3) is 0.300. The average molecular weight is 388 g/mol. The molecule has 0 saturated heterocycles. The van der Waals surface area contributed by atoms with Gasteiger partial charge < -0.3 is 10.6 Å². The predicted molar refractivity (Wildman–Crippen MR) is 99.0 cm³/mol. The van der Waals surface area contributed by atoms with Crippen LogP contribution in [0.4, 0.5) is 18.9 Å². The molecule has 2 aliphatic rings. The molecule has 0 aromatic heterocycles. The van der Waals surface area contributed by atoms with Crippen LogP contribution in [0.5, 0.6) is 0 Å². The molecule has 5 nitrogen and oxygen atoms in total. The highest BCUT2D eigenvalue weighted by Crippen LogP contribution is 2.34. The maximum atomic E-state index is 13.0. The molecule has 146 valence electrons. The summed E-state index contributed by atoms with van der Waals surface area (Å²) < 4.78 is 39.1. The van der Waals surface area contributed by atoms with Gasteiger partial charge in [-0.15, -0.1) is 0 Å². The Labute approximate surface area is 160 Å². The third-order valence-electron chi connectivity index (χ3n) is 4.65. The van der Waals surface area contributed by atoms with Gasteiger partial charge in [-0.2, -0.15) is 18.4 Å². The Hall–Kier alpha value is -3.05. The number of nitrogens with one attached hydrogen (secondary N) is 2. The number of halogens is 3. The van der Waals surface area contributed by atoms with Gasteiger partial charge in [0, 0.05) is 13.1 Å². The molecule has 1 aromatic carbocycles. The Balaban J connectivity index is 1.59. The maximum Gasteiger partial charge on any atom is 0.418 e. The highest BCUT2D eigenvalue weighted by molar-refractivity contribution is 5.93. The van der Waals surface area contributed by atoms with Crippen LogP contribution in [-0.2, 0) is 11.0 Å². The number of nitriles is 1. The second-order valence-electron chi connectivity index (χ2n) is 6.55. The van der Waals surface area contributed by atoms with E-state index in [1.54, 1.807) is 18.4 Å². The number of carbonyl (C=O) groups is 1. The minimum absolute atomic E-state index is 0.00504. The summed E-state index contributed by atoms with van der Waals surface area (Å²) in [6.45, 7) is 1.07. The van der Waals surface area contributed by atoms with E-state index in [9.17, 15) is 23.2 Å². The monoisotopic (exact) mass is 388 g/mol. The van der Waals surface area contributed by atoms with Crippen molar-refractivity contribution < 1.29 is 18.0 Å². The maximum absolute atomic E-state index is 13.0. The summed E-state index contributed by atoms with van der Waals surface area (Å²) in [6.07, 6.45) is 3.41. The molecular formula is C20H19F3N4O. The molecule has 1 aromatic rings. The van der Waals surface area contributed by atoms with Crippen LogP contribution < -0.4 is 10.6 Å². The summed E-state index contributed by atoms with van der Waals surface area (Å²) in [6, 6.07) is 6.94. The van der Waals surface area contributed by atoms with Gasteiger partial charge in [-0.05, 0) is 42.5 Å². The summed E-state index contributed by atoms with van der Waals surface area (Å²) in [5.41, 5.74) is 0.589. The highest BCUT2D eigenvalue weighted by Gasteiger charge is 2.33. The van der Waals surface area contributed by atoms with E-state index in [1.165, 1.54) is 18.2 Å². The number of benzene rings is 1. The standard InChI is InChI=1S/C20H19F3N4O/c21-20(22,23)16-5-1-2-6-17(16)26-18(28)13-27-10-7-14(8-11-27)19-15(12-24)4-3-9-25-19/h1-7,9,19,25H,8,10-11,13H2,(H,26,28). The van der Waals surface area contributed by atoms with Crippen LogP contribution in [0.15, 0.2) is 59.8 Å². The zero-order valence-corrected chi connectivity index (χ0v) is 15.0. The van der Waals surface area contributed by atoms with Crippen molar-refractivity contribution in [3.63, 3.8) is 0 Å². The van der Waals surface area contributed by atoms with Crippen LogP contribution >= 0.6 is 0 Å². The molecule has 0 aliphatic carbocycles. The molecule has 0 fully saturated rings. The van der Waals surface area contributed by atoms with Crippen molar-refractivity contribution in [2.45, 2.75) is 18.6 Å². The first kappa shape index (κ1) is 19.7. The van der Waals surface area contributed by atoms with Gasteiger partial charge in [0.25, 0.3) is 0 Å². The predicted octanol–water partition coefficient (Wildman–Crippen LogP) is 3.21. The Morgan fingerprint density at radius 2 is 2.14 bits per heavy atom. The molecular weight excluding hydrogens is 369 g/mol. The normalized spacial score (nSPS) is 19.9. The first-order valence-corrected chi connectivity index (χ1v) is 8.78. The number of alkyl halides is 3. The Morgan fingerprint density at radius 1 is 1.36 bits per heavy atom. The number of hydrogen-bond donors (Lipinski definition) is 2. The number of dihydropyridines is 1. The van der Waals surface area contributed by atoms with E-state index < -0.39 is 17.6 Å². The van der Waals surface area contributed by atoms with Gasteiger partial charge >= 0.3 is 6.18 Å². The summed E-state index contributed by atoms with van der Waals surface area (Å²) in [4.78, 5) is 14.1. The van der Waals surface area contributed by atoms with E-state index in [4.69, 9.17) is 0 Å². The lowest BCUT2D eigenvalue weighted by molar-refractivity contribution is -0.137. The van der Waals surface area contributed by atoms with Gasteiger partial charge in [-0.3, -0.25) is 9.69 Å². The Morgan fingerprint density at radius 3 is 2.82 bits per heavy atom. The van der Waals surface area contributed by atoms with Crippen molar-refractivity contribution in [2.24, 2.45) is 0 Å². The van der Waals surface area contributed by atoms with E-state index in [-0.39, 0.29) is 18.3 Å².